The number of halogens is 1. The number of carbonyl (C=O) groups is 1. The maximum atomic E-state index is 14.5. The van der Waals surface area contributed by atoms with Crippen molar-refractivity contribution in [2.24, 2.45) is 0 Å². The van der Waals surface area contributed by atoms with Gasteiger partial charge in [0.05, 0.1) is 5.60 Å². The highest BCUT2D eigenvalue weighted by atomic mass is 19.1. The van der Waals surface area contributed by atoms with E-state index in [9.17, 15) is 14.3 Å². The Morgan fingerprint density at radius 2 is 1.47 bits per heavy atom. The number of aliphatic hydroxyl groups is 1. The van der Waals surface area contributed by atoms with Gasteiger partial charge in [0.2, 0.25) is 0 Å². The molecule has 3 aliphatic rings. The minimum Gasteiger partial charge on any atom is -0.448 e. The van der Waals surface area contributed by atoms with Crippen LogP contribution >= 0.6 is 0 Å². The molecular formula is C29H28FNO3. The van der Waals surface area contributed by atoms with Gasteiger partial charge in [0.15, 0.2) is 0 Å². The first kappa shape index (κ1) is 21.4. The van der Waals surface area contributed by atoms with Gasteiger partial charge in [-0.15, -0.1) is 0 Å². The second-order valence-electron chi connectivity index (χ2n) is 9.87. The molecule has 0 radical (unpaired) electrons. The third-order valence-electron chi connectivity index (χ3n) is 7.93. The summed E-state index contributed by atoms with van der Waals surface area (Å²) >= 11 is 0. The molecule has 174 valence electrons. The van der Waals surface area contributed by atoms with Crippen molar-refractivity contribution >= 4 is 6.09 Å². The lowest BCUT2D eigenvalue weighted by Gasteiger charge is -2.51. The Morgan fingerprint density at radius 3 is 2.09 bits per heavy atom. The van der Waals surface area contributed by atoms with E-state index in [1.165, 1.54) is 28.3 Å². The summed E-state index contributed by atoms with van der Waals surface area (Å²) in [6, 6.07) is 22.7. The zero-order valence-electron chi connectivity index (χ0n) is 19.0. The number of hydrogen-bond donors (Lipinski definition) is 1. The van der Waals surface area contributed by atoms with Crippen molar-refractivity contribution in [3.05, 3.63) is 95.3 Å². The number of fused-ring (bicyclic) bond motifs is 5. The van der Waals surface area contributed by atoms with Gasteiger partial charge in [-0.25, -0.2) is 9.18 Å². The zero-order valence-corrected chi connectivity index (χ0v) is 19.0. The maximum absolute atomic E-state index is 14.5. The van der Waals surface area contributed by atoms with E-state index >= 15 is 0 Å². The highest BCUT2D eigenvalue weighted by Gasteiger charge is 2.49. The molecule has 2 bridgehead atoms. The van der Waals surface area contributed by atoms with E-state index in [-0.39, 0.29) is 30.7 Å². The molecule has 0 spiro atoms. The van der Waals surface area contributed by atoms with Crippen molar-refractivity contribution in [3.8, 4) is 11.1 Å². The van der Waals surface area contributed by atoms with Gasteiger partial charge >= 0.3 is 6.09 Å². The highest BCUT2D eigenvalue weighted by molar-refractivity contribution is 5.79. The Bertz CT molecular complexity index is 1180. The topological polar surface area (TPSA) is 49.8 Å². The van der Waals surface area contributed by atoms with Gasteiger partial charge in [0.1, 0.15) is 12.4 Å². The summed E-state index contributed by atoms with van der Waals surface area (Å²) < 4.78 is 20.5. The Morgan fingerprint density at radius 1 is 0.912 bits per heavy atom. The molecule has 1 aliphatic carbocycles. The fourth-order valence-corrected chi connectivity index (χ4v) is 6.45. The first-order valence-electron chi connectivity index (χ1n) is 12.2. The number of carbonyl (C=O) groups excluding carboxylic acids is 1. The molecule has 4 nitrogen and oxygen atoms in total. The largest absolute Gasteiger partial charge is 0.448 e. The van der Waals surface area contributed by atoms with E-state index < -0.39 is 11.4 Å². The summed E-state index contributed by atoms with van der Waals surface area (Å²) in [5.41, 5.74) is 3.84. The van der Waals surface area contributed by atoms with Crippen molar-refractivity contribution in [1.82, 2.24) is 4.90 Å². The van der Waals surface area contributed by atoms with E-state index in [0.29, 0.717) is 18.4 Å². The molecule has 2 aliphatic heterocycles. The monoisotopic (exact) mass is 457 g/mol. The summed E-state index contributed by atoms with van der Waals surface area (Å²) in [5, 5.41) is 11.4. The fourth-order valence-electron chi connectivity index (χ4n) is 6.45. The van der Waals surface area contributed by atoms with E-state index in [4.69, 9.17) is 4.74 Å². The van der Waals surface area contributed by atoms with Crippen molar-refractivity contribution in [1.29, 1.82) is 0 Å². The van der Waals surface area contributed by atoms with Gasteiger partial charge in [0, 0.05) is 36.4 Å². The number of piperidine rings is 2. The van der Waals surface area contributed by atoms with Crippen LogP contribution in [-0.4, -0.2) is 34.8 Å². The SMILES string of the molecule is O=C(OCC1c2ccccc2-c2ccccc21)N1C2CCCC1CC(O)(c1ccccc1F)C2. The molecule has 6 rings (SSSR count). The van der Waals surface area contributed by atoms with Crippen LogP contribution in [0.3, 0.4) is 0 Å². The van der Waals surface area contributed by atoms with Crippen molar-refractivity contribution in [3.63, 3.8) is 0 Å². The van der Waals surface area contributed by atoms with Crippen LogP contribution in [0, 0.1) is 5.82 Å². The molecule has 2 fully saturated rings. The van der Waals surface area contributed by atoms with Crippen LogP contribution in [-0.2, 0) is 10.3 Å². The average molecular weight is 458 g/mol. The van der Waals surface area contributed by atoms with Crippen molar-refractivity contribution in [2.45, 2.75) is 55.7 Å². The molecule has 2 heterocycles. The number of amides is 1. The van der Waals surface area contributed by atoms with Gasteiger partial charge in [0.25, 0.3) is 0 Å². The number of nitrogens with zero attached hydrogens (tertiary/aromatic N) is 1. The average Bonchev–Trinajstić information content (AvgIpc) is 3.16. The Labute approximate surface area is 199 Å². The third-order valence-corrected chi connectivity index (χ3v) is 7.93. The van der Waals surface area contributed by atoms with E-state index in [1.54, 1.807) is 18.2 Å². The molecule has 2 saturated heterocycles. The van der Waals surface area contributed by atoms with E-state index in [2.05, 4.69) is 24.3 Å². The van der Waals surface area contributed by atoms with Gasteiger partial charge in [-0.2, -0.15) is 0 Å². The molecule has 3 aromatic rings. The van der Waals surface area contributed by atoms with Gasteiger partial charge in [-0.3, -0.25) is 0 Å². The van der Waals surface area contributed by atoms with E-state index in [0.717, 1.165) is 19.3 Å². The lowest BCUT2D eigenvalue weighted by molar-refractivity contribution is -0.0906. The predicted molar refractivity (Wildman–Crippen MR) is 128 cm³/mol. The second-order valence-corrected chi connectivity index (χ2v) is 9.87. The number of ether oxygens (including phenoxy) is 1. The summed E-state index contributed by atoms with van der Waals surface area (Å²) in [6.07, 6.45) is 2.90. The second kappa shape index (κ2) is 8.24. The Balaban J connectivity index is 1.21. The zero-order chi connectivity index (χ0) is 23.3. The molecule has 34 heavy (non-hydrogen) atoms. The maximum Gasteiger partial charge on any atom is 0.410 e. The lowest BCUT2D eigenvalue weighted by atomic mass is 9.72. The molecule has 3 aromatic carbocycles. The first-order valence-corrected chi connectivity index (χ1v) is 12.2. The van der Waals surface area contributed by atoms with Crippen LogP contribution in [0.25, 0.3) is 11.1 Å². The van der Waals surface area contributed by atoms with Crippen LogP contribution in [0.2, 0.25) is 0 Å². The number of hydrogen-bond acceptors (Lipinski definition) is 3. The van der Waals surface area contributed by atoms with Crippen LogP contribution in [0.1, 0.15) is 54.7 Å². The van der Waals surface area contributed by atoms with Crippen molar-refractivity contribution < 1.29 is 19.0 Å². The van der Waals surface area contributed by atoms with Crippen molar-refractivity contribution in [2.75, 3.05) is 6.61 Å². The number of benzene rings is 3. The molecule has 5 heteroatoms. The highest BCUT2D eigenvalue weighted by Crippen LogP contribution is 2.47. The lowest BCUT2D eigenvalue weighted by Crippen LogP contribution is -2.59. The fraction of sp³-hybridized carbons (Fsp3) is 0.345. The van der Waals surface area contributed by atoms with Crippen LogP contribution in [0.5, 0.6) is 0 Å². The number of rotatable bonds is 3. The van der Waals surface area contributed by atoms with Gasteiger partial charge in [-0.1, -0.05) is 66.7 Å². The summed E-state index contributed by atoms with van der Waals surface area (Å²) in [4.78, 5) is 15.2. The molecule has 1 N–H and O–H groups in total. The van der Waals surface area contributed by atoms with Crippen LogP contribution < -0.4 is 0 Å². The van der Waals surface area contributed by atoms with E-state index in [1.807, 2.05) is 29.2 Å². The normalized spacial score (nSPS) is 25.5. The smallest absolute Gasteiger partial charge is 0.410 e. The van der Waals surface area contributed by atoms with Crippen LogP contribution in [0.4, 0.5) is 9.18 Å². The van der Waals surface area contributed by atoms with Crippen LogP contribution in [0.15, 0.2) is 72.8 Å². The minimum absolute atomic E-state index is 0.0105. The minimum atomic E-state index is -1.26. The molecule has 2 atom stereocenters. The van der Waals surface area contributed by atoms with Gasteiger partial charge in [-0.05, 0) is 47.6 Å². The molecular weight excluding hydrogens is 429 g/mol. The molecule has 1 amide bonds. The molecule has 0 saturated carbocycles. The Hall–Kier alpha value is -3.18. The predicted octanol–water partition coefficient (Wildman–Crippen LogP) is 5.98. The standard InChI is InChI=1S/C29H28FNO3/c30-27-15-6-5-14-26(27)29(33)16-19-8-7-9-20(17-29)31(19)28(32)34-18-25-23-12-3-1-10-21(23)22-11-2-4-13-24(22)25/h1-6,10-15,19-20,25,33H,7-9,16-18H2. The quantitative estimate of drug-likeness (QED) is 0.526. The molecule has 2 unspecified atom stereocenters. The van der Waals surface area contributed by atoms with Gasteiger partial charge < -0.3 is 14.7 Å². The summed E-state index contributed by atoms with van der Waals surface area (Å²) in [5.74, 6) is -0.381. The summed E-state index contributed by atoms with van der Waals surface area (Å²) in [7, 11) is 0. The summed E-state index contributed by atoms with van der Waals surface area (Å²) in [6.45, 7) is 0.278. The third kappa shape index (κ3) is 3.41. The first-order chi connectivity index (χ1) is 16.5. The Kier molecular flexibility index (Phi) is 5.18. The molecule has 0 aromatic heterocycles.